The highest BCUT2D eigenvalue weighted by atomic mass is 32.1. The average molecular weight is 238 g/mol. The van der Waals surface area contributed by atoms with Gasteiger partial charge in [0.1, 0.15) is 0 Å². The Bertz CT molecular complexity index is 557. The van der Waals surface area contributed by atoms with Crippen molar-refractivity contribution >= 4 is 17.2 Å². The summed E-state index contributed by atoms with van der Waals surface area (Å²) in [4.78, 5) is 23.2. The van der Waals surface area contributed by atoms with E-state index in [2.05, 4.69) is 13.2 Å². The molecule has 1 heterocycles. The Balaban J connectivity index is 3.38. The van der Waals surface area contributed by atoms with Gasteiger partial charge in [-0.1, -0.05) is 24.8 Å². The molecule has 0 N–H and O–H groups in total. The number of aromatic nitrogens is 2. The summed E-state index contributed by atoms with van der Waals surface area (Å²) in [6, 6.07) is 0. The maximum atomic E-state index is 11.9. The SMILES string of the molecule is C=C/C(=C\C)n1sc(=O)n(CC(=C)C)c1=O. The fourth-order valence-corrected chi connectivity index (χ4v) is 2.10. The van der Waals surface area contributed by atoms with Crippen molar-refractivity contribution < 1.29 is 0 Å². The number of nitrogens with zero attached hydrogens (tertiary/aromatic N) is 2. The molecule has 1 aromatic rings. The van der Waals surface area contributed by atoms with Gasteiger partial charge in [-0.25, -0.2) is 13.3 Å². The van der Waals surface area contributed by atoms with Crippen LogP contribution < -0.4 is 10.6 Å². The molecule has 0 atom stereocenters. The molecule has 86 valence electrons. The molecule has 0 unspecified atom stereocenters. The van der Waals surface area contributed by atoms with Gasteiger partial charge in [0.15, 0.2) is 0 Å². The fraction of sp³-hybridized carbons (Fsp3) is 0.273. The molecule has 4 nitrogen and oxygen atoms in total. The van der Waals surface area contributed by atoms with Crippen LogP contribution >= 0.6 is 11.5 Å². The molecule has 0 saturated carbocycles. The normalized spacial score (nSPS) is 11.5. The quantitative estimate of drug-likeness (QED) is 0.592. The summed E-state index contributed by atoms with van der Waals surface area (Å²) in [6.45, 7) is 11.1. The Morgan fingerprint density at radius 2 is 2.12 bits per heavy atom. The van der Waals surface area contributed by atoms with E-state index in [4.69, 9.17) is 0 Å². The van der Waals surface area contributed by atoms with Gasteiger partial charge in [-0.2, -0.15) is 0 Å². The van der Waals surface area contributed by atoms with Gasteiger partial charge in [0.25, 0.3) is 0 Å². The molecule has 0 saturated heterocycles. The van der Waals surface area contributed by atoms with Crippen LogP contribution in [0.2, 0.25) is 0 Å². The number of hydrogen-bond acceptors (Lipinski definition) is 3. The van der Waals surface area contributed by atoms with Crippen molar-refractivity contribution in [3.05, 3.63) is 51.0 Å². The van der Waals surface area contributed by atoms with E-state index in [9.17, 15) is 9.59 Å². The van der Waals surface area contributed by atoms with Crippen molar-refractivity contribution in [2.45, 2.75) is 20.4 Å². The Kier molecular flexibility index (Phi) is 3.84. The van der Waals surface area contributed by atoms with Gasteiger partial charge in [0, 0.05) is 11.5 Å². The highest BCUT2D eigenvalue weighted by Crippen LogP contribution is 2.04. The van der Waals surface area contributed by atoms with Crippen molar-refractivity contribution in [2.75, 3.05) is 0 Å². The second-order valence-corrected chi connectivity index (χ2v) is 4.29. The Morgan fingerprint density at radius 1 is 1.50 bits per heavy atom. The predicted molar refractivity (Wildman–Crippen MR) is 67.8 cm³/mol. The lowest BCUT2D eigenvalue weighted by atomic mass is 10.3. The summed E-state index contributed by atoms with van der Waals surface area (Å²) in [5, 5.41) is 0. The van der Waals surface area contributed by atoms with E-state index in [1.165, 1.54) is 8.52 Å². The van der Waals surface area contributed by atoms with Crippen molar-refractivity contribution in [3.8, 4) is 0 Å². The summed E-state index contributed by atoms with van der Waals surface area (Å²) in [5.41, 5.74) is 1.04. The van der Waals surface area contributed by atoms with Crippen LogP contribution in [0, 0.1) is 0 Å². The molecular weight excluding hydrogens is 224 g/mol. The topological polar surface area (TPSA) is 44.0 Å². The van der Waals surface area contributed by atoms with E-state index in [-0.39, 0.29) is 17.1 Å². The first-order chi connectivity index (χ1) is 7.51. The third-order valence-electron chi connectivity index (χ3n) is 1.96. The van der Waals surface area contributed by atoms with Crippen LogP contribution in [0.15, 0.2) is 40.5 Å². The van der Waals surface area contributed by atoms with Gasteiger partial charge in [-0.15, -0.1) is 0 Å². The highest BCUT2D eigenvalue weighted by Gasteiger charge is 2.11. The van der Waals surface area contributed by atoms with Crippen molar-refractivity contribution in [2.24, 2.45) is 0 Å². The summed E-state index contributed by atoms with van der Waals surface area (Å²) < 4.78 is 2.50. The van der Waals surface area contributed by atoms with E-state index < -0.39 is 0 Å². The maximum Gasteiger partial charge on any atom is 0.346 e. The Morgan fingerprint density at radius 3 is 2.56 bits per heavy atom. The van der Waals surface area contributed by atoms with Crippen LogP contribution in [0.4, 0.5) is 0 Å². The van der Waals surface area contributed by atoms with Crippen molar-refractivity contribution in [1.29, 1.82) is 0 Å². The minimum atomic E-state index is -0.342. The van der Waals surface area contributed by atoms with E-state index in [0.29, 0.717) is 5.70 Å². The molecule has 0 aromatic carbocycles. The molecule has 0 aliphatic carbocycles. The lowest BCUT2D eigenvalue weighted by Gasteiger charge is -1.99. The zero-order valence-corrected chi connectivity index (χ0v) is 10.2. The molecular formula is C11H14N2O2S. The molecule has 0 aliphatic heterocycles. The van der Waals surface area contributed by atoms with Crippen molar-refractivity contribution in [3.63, 3.8) is 0 Å². The summed E-state index contributed by atoms with van der Waals surface area (Å²) in [7, 11) is 0. The summed E-state index contributed by atoms with van der Waals surface area (Å²) in [6.07, 6.45) is 3.28. The molecule has 0 spiro atoms. The summed E-state index contributed by atoms with van der Waals surface area (Å²) >= 11 is 0.871. The van der Waals surface area contributed by atoms with Crippen LogP contribution in [0.25, 0.3) is 5.70 Å². The van der Waals surface area contributed by atoms with Gasteiger partial charge < -0.3 is 0 Å². The van der Waals surface area contributed by atoms with Crippen LogP contribution in [0.1, 0.15) is 13.8 Å². The molecule has 0 aliphatic rings. The molecule has 0 radical (unpaired) electrons. The van der Waals surface area contributed by atoms with Gasteiger partial charge in [-0.3, -0.25) is 4.79 Å². The zero-order valence-electron chi connectivity index (χ0n) is 9.40. The zero-order chi connectivity index (χ0) is 12.3. The van der Waals surface area contributed by atoms with E-state index in [1.54, 1.807) is 26.0 Å². The molecule has 16 heavy (non-hydrogen) atoms. The maximum absolute atomic E-state index is 11.9. The van der Waals surface area contributed by atoms with Gasteiger partial charge in [-0.05, 0) is 19.9 Å². The monoisotopic (exact) mass is 238 g/mol. The second-order valence-electron chi connectivity index (χ2n) is 3.40. The number of hydrogen-bond donors (Lipinski definition) is 0. The van der Waals surface area contributed by atoms with Crippen molar-refractivity contribution in [1.82, 2.24) is 8.52 Å². The minimum Gasteiger partial charge on any atom is -0.255 e. The van der Waals surface area contributed by atoms with E-state index >= 15 is 0 Å². The molecule has 1 aromatic heterocycles. The Hall–Kier alpha value is -1.62. The van der Waals surface area contributed by atoms with Gasteiger partial charge in [0.05, 0.1) is 12.2 Å². The second kappa shape index (κ2) is 4.94. The lowest BCUT2D eigenvalue weighted by Crippen LogP contribution is -2.28. The van der Waals surface area contributed by atoms with Gasteiger partial charge >= 0.3 is 10.6 Å². The number of rotatable bonds is 4. The first kappa shape index (κ1) is 12.4. The molecule has 0 amide bonds. The third kappa shape index (κ3) is 2.30. The fourth-order valence-electron chi connectivity index (χ4n) is 1.24. The molecule has 5 heteroatoms. The largest absolute Gasteiger partial charge is 0.346 e. The molecule has 0 bridgehead atoms. The van der Waals surface area contributed by atoms with Crippen LogP contribution in [-0.2, 0) is 6.54 Å². The van der Waals surface area contributed by atoms with E-state index in [1.807, 2.05) is 0 Å². The first-order valence-corrected chi connectivity index (χ1v) is 5.55. The van der Waals surface area contributed by atoms with Crippen LogP contribution in [0.5, 0.6) is 0 Å². The summed E-state index contributed by atoms with van der Waals surface area (Å²) in [5.74, 6) is 0. The van der Waals surface area contributed by atoms with Crippen LogP contribution in [-0.4, -0.2) is 8.52 Å². The van der Waals surface area contributed by atoms with E-state index in [0.717, 1.165) is 17.1 Å². The first-order valence-electron chi connectivity index (χ1n) is 4.78. The lowest BCUT2D eigenvalue weighted by molar-refractivity contribution is 0.717. The predicted octanol–water partition coefficient (Wildman–Crippen LogP) is 1.69. The standard InChI is InChI=1S/C11H14N2O2S/c1-5-9(6-2)13-10(14)12(7-8(3)4)11(15)16-13/h5-6H,1,3,7H2,2,4H3/b9-6+. The van der Waals surface area contributed by atoms with Gasteiger partial charge in [0.2, 0.25) is 0 Å². The third-order valence-corrected chi connectivity index (χ3v) is 2.89. The molecule has 1 rings (SSSR count). The smallest absolute Gasteiger partial charge is 0.255 e. The number of allylic oxidation sites excluding steroid dienone is 4. The highest BCUT2D eigenvalue weighted by molar-refractivity contribution is 7.04. The molecule has 0 fully saturated rings. The Labute approximate surface area is 97.6 Å². The average Bonchev–Trinajstić information content (AvgIpc) is 2.48. The minimum absolute atomic E-state index is 0.259. The van der Waals surface area contributed by atoms with Crippen LogP contribution in [0.3, 0.4) is 0 Å².